The van der Waals surface area contributed by atoms with Gasteiger partial charge in [-0.3, -0.25) is 4.57 Å². The maximum Gasteiger partial charge on any atom is 0.326 e. The van der Waals surface area contributed by atoms with Crippen molar-refractivity contribution in [3.05, 3.63) is 64.8 Å². The van der Waals surface area contributed by atoms with Crippen LogP contribution in [0.25, 0.3) is 11.0 Å². The Morgan fingerprint density at radius 2 is 1.93 bits per heavy atom. The first kappa shape index (κ1) is 19.2. The Bertz CT molecular complexity index is 1050. The summed E-state index contributed by atoms with van der Waals surface area (Å²) >= 11 is 0. The van der Waals surface area contributed by atoms with Crippen molar-refractivity contribution < 1.29 is 9.18 Å². The third-order valence-corrected chi connectivity index (χ3v) is 5.34. The number of benzene rings is 2. The Labute approximate surface area is 167 Å². The van der Waals surface area contributed by atoms with Gasteiger partial charge in [-0.05, 0) is 43.2 Å². The van der Waals surface area contributed by atoms with Crippen LogP contribution >= 0.6 is 0 Å². The number of nitrogens with one attached hydrogen (secondary N) is 3. The number of halogens is 1. The summed E-state index contributed by atoms with van der Waals surface area (Å²) in [5.74, 6) is -0.389. The number of amides is 2. The van der Waals surface area contributed by atoms with Gasteiger partial charge in [0.1, 0.15) is 5.82 Å². The molecule has 8 heteroatoms. The molecule has 0 spiro atoms. The van der Waals surface area contributed by atoms with Crippen molar-refractivity contribution in [2.24, 2.45) is 0 Å². The number of carbonyl (C=O) groups is 1. The van der Waals surface area contributed by atoms with Crippen molar-refractivity contribution in [2.45, 2.75) is 18.9 Å². The molecule has 2 heterocycles. The van der Waals surface area contributed by atoms with E-state index in [1.807, 2.05) is 28.8 Å². The quantitative estimate of drug-likeness (QED) is 0.619. The van der Waals surface area contributed by atoms with Gasteiger partial charge in [-0.25, -0.2) is 14.0 Å². The molecule has 0 bridgehead atoms. The van der Waals surface area contributed by atoms with Gasteiger partial charge in [0.05, 0.1) is 11.0 Å². The number of fused-ring (bicyclic) bond motifs is 1. The van der Waals surface area contributed by atoms with Crippen LogP contribution in [0.5, 0.6) is 0 Å². The van der Waals surface area contributed by atoms with E-state index in [2.05, 4.69) is 20.5 Å². The molecule has 0 unspecified atom stereocenters. The maximum atomic E-state index is 13.2. The summed E-state index contributed by atoms with van der Waals surface area (Å²) < 4.78 is 15.0. The van der Waals surface area contributed by atoms with Crippen LogP contribution in [0.3, 0.4) is 0 Å². The van der Waals surface area contributed by atoms with E-state index in [4.69, 9.17) is 0 Å². The molecule has 1 aliphatic rings. The molecule has 4 rings (SSSR count). The molecule has 1 aliphatic heterocycles. The van der Waals surface area contributed by atoms with Crippen LogP contribution in [0.4, 0.5) is 14.9 Å². The molecule has 2 aromatic carbocycles. The monoisotopic (exact) mass is 397 g/mol. The van der Waals surface area contributed by atoms with E-state index in [1.165, 1.54) is 12.1 Å². The number of aromatic nitrogens is 2. The predicted molar refractivity (Wildman–Crippen MR) is 111 cm³/mol. The number of hydrogen-bond acceptors (Lipinski definition) is 3. The first-order valence-electron chi connectivity index (χ1n) is 9.82. The minimum absolute atomic E-state index is 0.0552. The molecule has 1 aromatic heterocycles. The first-order chi connectivity index (χ1) is 14.1. The van der Waals surface area contributed by atoms with Crippen molar-refractivity contribution in [2.75, 3.05) is 31.5 Å². The number of piperidine rings is 1. The van der Waals surface area contributed by atoms with Gasteiger partial charge in [-0.15, -0.1) is 0 Å². The standard InChI is InChI=1S/C21H24FN5O2/c22-15-4-3-5-16(14-15)24-20(28)23-10-13-26-11-8-17(9-12-26)27-19-7-2-1-6-18(19)25-21(27)29/h1-7,14,17H,8-13H2,(H,25,29)(H2,23,24,28). The largest absolute Gasteiger partial charge is 0.337 e. The zero-order valence-corrected chi connectivity index (χ0v) is 16.0. The van der Waals surface area contributed by atoms with Gasteiger partial charge in [-0.1, -0.05) is 18.2 Å². The summed E-state index contributed by atoms with van der Waals surface area (Å²) in [5.41, 5.74) is 2.19. The minimum atomic E-state index is -0.389. The van der Waals surface area contributed by atoms with Crippen molar-refractivity contribution in [3.8, 4) is 0 Å². The highest BCUT2D eigenvalue weighted by Crippen LogP contribution is 2.24. The van der Waals surface area contributed by atoms with E-state index in [1.54, 1.807) is 12.1 Å². The number of H-pyrrole nitrogens is 1. The zero-order chi connectivity index (χ0) is 20.2. The number of carbonyl (C=O) groups excluding carboxylic acids is 1. The topological polar surface area (TPSA) is 82.2 Å². The van der Waals surface area contributed by atoms with Gasteiger partial charge >= 0.3 is 11.7 Å². The fourth-order valence-electron chi connectivity index (χ4n) is 3.91. The van der Waals surface area contributed by atoms with Crippen LogP contribution in [-0.4, -0.2) is 46.7 Å². The van der Waals surface area contributed by atoms with Crippen LogP contribution in [0.2, 0.25) is 0 Å². The van der Waals surface area contributed by atoms with E-state index in [-0.39, 0.29) is 23.6 Å². The Balaban J connectivity index is 1.24. The highest BCUT2D eigenvalue weighted by atomic mass is 19.1. The lowest BCUT2D eigenvalue weighted by Crippen LogP contribution is -2.41. The molecule has 152 valence electrons. The fourth-order valence-corrected chi connectivity index (χ4v) is 3.91. The molecular weight excluding hydrogens is 373 g/mol. The molecule has 3 N–H and O–H groups in total. The van der Waals surface area contributed by atoms with Crippen LogP contribution in [0.15, 0.2) is 53.3 Å². The maximum absolute atomic E-state index is 13.2. The lowest BCUT2D eigenvalue weighted by atomic mass is 10.0. The van der Waals surface area contributed by atoms with E-state index >= 15 is 0 Å². The van der Waals surface area contributed by atoms with E-state index < -0.39 is 0 Å². The van der Waals surface area contributed by atoms with Crippen LogP contribution < -0.4 is 16.3 Å². The predicted octanol–water partition coefficient (Wildman–Crippen LogP) is 2.93. The van der Waals surface area contributed by atoms with Gasteiger partial charge < -0.3 is 20.5 Å². The Hall–Kier alpha value is -3.13. The number of nitrogens with zero attached hydrogens (tertiary/aromatic N) is 2. The van der Waals surface area contributed by atoms with Gasteiger partial charge in [0, 0.05) is 37.9 Å². The average molecular weight is 397 g/mol. The summed E-state index contributed by atoms with van der Waals surface area (Å²) in [7, 11) is 0. The summed E-state index contributed by atoms with van der Waals surface area (Å²) in [5, 5.41) is 5.41. The van der Waals surface area contributed by atoms with E-state index in [0.29, 0.717) is 12.2 Å². The molecule has 29 heavy (non-hydrogen) atoms. The molecule has 0 aliphatic carbocycles. The summed E-state index contributed by atoms with van der Waals surface area (Å²) in [4.78, 5) is 29.5. The Morgan fingerprint density at radius 3 is 2.72 bits per heavy atom. The molecule has 0 radical (unpaired) electrons. The van der Waals surface area contributed by atoms with Crippen LogP contribution in [-0.2, 0) is 0 Å². The van der Waals surface area contributed by atoms with Crippen LogP contribution in [0, 0.1) is 5.82 Å². The normalized spacial score (nSPS) is 15.5. The third-order valence-electron chi connectivity index (χ3n) is 5.34. The second kappa shape index (κ2) is 8.48. The lowest BCUT2D eigenvalue weighted by molar-refractivity contribution is 0.187. The number of rotatable bonds is 5. The molecule has 7 nitrogen and oxygen atoms in total. The molecule has 3 aromatic rings. The number of urea groups is 1. The number of likely N-dealkylation sites (tertiary alicyclic amines) is 1. The highest BCUT2D eigenvalue weighted by molar-refractivity contribution is 5.89. The lowest BCUT2D eigenvalue weighted by Gasteiger charge is -2.32. The van der Waals surface area contributed by atoms with Gasteiger partial charge in [0.2, 0.25) is 0 Å². The molecule has 0 atom stereocenters. The van der Waals surface area contributed by atoms with Crippen molar-refractivity contribution >= 4 is 22.8 Å². The first-order valence-corrected chi connectivity index (χ1v) is 9.82. The van der Waals surface area contributed by atoms with Crippen molar-refractivity contribution in [1.82, 2.24) is 19.8 Å². The van der Waals surface area contributed by atoms with E-state index in [0.717, 1.165) is 43.5 Å². The van der Waals surface area contributed by atoms with Crippen molar-refractivity contribution in [3.63, 3.8) is 0 Å². The smallest absolute Gasteiger partial charge is 0.326 e. The van der Waals surface area contributed by atoms with Gasteiger partial charge in [0.15, 0.2) is 0 Å². The summed E-state index contributed by atoms with van der Waals surface area (Å²) in [6, 6.07) is 13.4. The highest BCUT2D eigenvalue weighted by Gasteiger charge is 2.23. The van der Waals surface area contributed by atoms with Crippen LogP contribution in [0.1, 0.15) is 18.9 Å². The number of hydrogen-bond donors (Lipinski definition) is 3. The number of anilines is 1. The Morgan fingerprint density at radius 1 is 1.14 bits per heavy atom. The SMILES string of the molecule is O=C(NCCN1CCC(n2c(=O)[nH]c3ccccc32)CC1)Nc1cccc(F)c1. The second-order valence-electron chi connectivity index (χ2n) is 7.28. The Kier molecular flexibility index (Phi) is 5.62. The van der Waals surface area contributed by atoms with Crippen molar-refractivity contribution in [1.29, 1.82) is 0 Å². The van der Waals surface area contributed by atoms with E-state index in [9.17, 15) is 14.0 Å². The number of aromatic amines is 1. The summed E-state index contributed by atoms with van der Waals surface area (Å²) in [6.07, 6.45) is 1.77. The number of imidazole rings is 1. The third kappa shape index (κ3) is 4.48. The fraction of sp³-hybridized carbons (Fsp3) is 0.333. The molecular formula is C21H24FN5O2. The number of para-hydroxylation sites is 2. The average Bonchev–Trinajstić information content (AvgIpc) is 3.04. The molecule has 1 saturated heterocycles. The van der Waals surface area contributed by atoms with Gasteiger partial charge in [-0.2, -0.15) is 0 Å². The molecule has 0 saturated carbocycles. The second-order valence-corrected chi connectivity index (χ2v) is 7.28. The minimum Gasteiger partial charge on any atom is -0.337 e. The summed E-state index contributed by atoms with van der Waals surface area (Å²) in [6.45, 7) is 2.96. The van der Waals surface area contributed by atoms with Gasteiger partial charge in [0.25, 0.3) is 0 Å². The molecule has 2 amide bonds. The molecule has 1 fully saturated rings. The zero-order valence-electron chi connectivity index (χ0n) is 16.0.